The summed E-state index contributed by atoms with van der Waals surface area (Å²) in [7, 11) is -4.10. The molecule has 1 atom stereocenters. The van der Waals surface area contributed by atoms with Crippen LogP contribution in [0.4, 0.5) is 5.69 Å². The second kappa shape index (κ2) is 13.6. The van der Waals surface area contributed by atoms with E-state index in [0.717, 1.165) is 21.9 Å². The number of hydrogen-bond acceptors (Lipinski definition) is 4. The van der Waals surface area contributed by atoms with E-state index < -0.39 is 28.5 Å². The average molecular weight is 570 g/mol. The Balaban J connectivity index is 2.06. The summed E-state index contributed by atoms with van der Waals surface area (Å²) in [6.45, 7) is 7.55. The van der Waals surface area contributed by atoms with Crippen LogP contribution in [0.2, 0.25) is 5.02 Å². The van der Waals surface area contributed by atoms with Gasteiger partial charge in [-0.2, -0.15) is 0 Å². The summed E-state index contributed by atoms with van der Waals surface area (Å²) in [6, 6.07) is 19.8. The average Bonchev–Trinajstić information content (AvgIpc) is 2.91. The van der Waals surface area contributed by atoms with E-state index in [-0.39, 0.29) is 17.3 Å². The fourth-order valence-corrected chi connectivity index (χ4v) is 5.85. The predicted molar refractivity (Wildman–Crippen MR) is 156 cm³/mol. The molecule has 0 bridgehead atoms. The van der Waals surface area contributed by atoms with Gasteiger partial charge in [-0.25, -0.2) is 8.42 Å². The number of benzene rings is 3. The Morgan fingerprint density at radius 2 is 1.62 bits per heavy atom. The molecule has 9 heteroatoms. The molecule has 0 radical (unpaired) electrons. The molecule has 0 aromatic heterocycles. The number of nitrogens with zero attached hydrogens (tertiary/aromatic N) is 2. The molecule has 0 fully saturated rings. The molecule has 3 rings (SSSR count). The van der Waals surface area contributed by atoms with Crippen LogP contribution >= 0.6 is 11.6 Å². The van der Waals surface area contributed by atoms with Crippen LogP contribution in [0.15, 0.2) is 77.7 Å². The van der Waals surface area contributed by atoms with E-state index in [1.807, 2.05) is 39.8 Å². The summed E-state index contributed by atoms with van der Waals surface area (Å²) in [4.78, 5) is 28.7. The largest absolute Gasteiger partial charge is 0.354 e. The first kappa shape index (κ1) is 30.2. The molecule has 0 aliphatic heterocycles. The molecule has 39 heavy (non-hydrogen) atoms. The molecular formula is C30H36ClN3O4S. The number of aryl methyl sites for hydroxylation is 2. The van der Waals surface area contributed by atoms with Gasteiger partial charge in [0.2, 0.25) is 11.8 Å². The van der Waals surface area contributed by atoms with Gasteiger partial charge in [0.05, 0.1) is 10.6 Å². The van der Waals surface area contributed by atoms with Crippen LogP contribution in [-0.4, -0.2) is 44.3 Å². The van der Waals surface area contributed by atoms with Crippen LogP contribution in [0.1, 0.15) is 43.4 Å². The molecule has 0 aliphatic rings. The summed E-state index contributed by atoms with van der Waals surface area (Å²) < 4.78 is 28.9. The van der Waals surface area contributed by atoms with Crippen molar-refractivity contribution in [3.8, 4) is 0 Å². The molecule has 3 aromatic rings. The van der Waals surface area contributed by atoms with E-state index in [4.69, 9.17) is 11.6 Å². The number of carbonyl (C=O) groups excluding carboxylic acids is 2. The van der Waals surface area contributed by atoms with Crippen molar-refractivity contribution in [2.24, 2.45) is 0 Å². The molecule has 0 heterocycles. The van der Waals surface area contributed by atoms with E-state index in [1.54, 1.807) is 48.5 Å². The maximum absolute atomic E-state index is 14.0. The van der Waals surface area contributed by atoms with Crippen molar-refractivity contribution >= 4 is 39.1 Å². The first-order valence-corrected chi connectivity index (χ1v) is 14.9. The van der Waals surface area contributed by atoms with Gasteiger partial charge in [-0.1, -0.05) is 73.5 Å². The zero-order chi connectivity index (χ0) is 28.6. The number of nitrogens with one attached hydrogen (secondary N) is 1. The molecule has 3 aromatic carbocycles. The first-order chi connectivity index (χ1) is 18.6. The van der Waals surface area contributed by atoms with Gasteiger partial charge in [0.25, 0.3) is 10.0 Å². The fourth-order valence-electron chi connectivity index (χ4n) is 4.24. The van der Waals surface area contributed by atoms with Crippen LogP contribution in [0.3, 0.4) is 0 Å². The van der Waals surface area contributed by atoms with Crippen LogP contribution in [0.5, 0.6) is 0 Å². The summed E-state index contributed by atoms with van der Waals surface area (Å²) in [6.07, 6.45) is 1.09. The van der Waals surface area contributed by atoms with Crippen molar-refractivity contribution in [1.82, 2.24) is 10.2 Å². The highest BCUT2D eigenvalue weighted by atomic mass is 35.5. The number of halogens is 1. The lowest BCUT2D eigenvalue weighted by Crippen LogP contribution is -2.52. The fraction of sp³-hybridized carbons (Fsp3) is 0.333. The van der Waals surface area contributed by atoms with E-state index in [9.17, 15) is 18.0 Å². The minimum absolute atomic E-state index is 0.0583. The normalized spacial score (nSPS) is 12.0. The third-order valence-corrected chi connectivity index (χ3v) is 8.57. The van der Waals surface area contributed by atoms with Crippen LogP contribution in [0, 0.1) is 13.8 Å². The zero-order valence-corrected chi connectivity index (χ0v) is 24.4. The van der Waals surface area contributed by atoms with Gasteiger partial charge in [0.15, 0.2) is 0 Å². The molecule has 2 amide bonds. The number of rotatable bonds is 12. The third kappa shape index (κ3) is 7.61. The number of carbonyl (C=O) groups is 2. The Morgan fingerprint density at radius 3 is 2.23 bits per heavy atom. The quantitative estimate of drug-likeness (QED) is 0.313. The lowest BCUT2D eigenvalue weighted by atomic mass is 10.1. The van der Waals surface area contributed by atoms with E-state index in [0.29, 0.717) is 29.2 Å². The van der Waals surface area contributed by atoms with Crippen molar-refractivity contribution in [3.05, 3.63) is 94.5 Å². The molecule has 0 saturated heterocycles. The molecule has 0 saturated carbocycles. The molecule has 208 valence electrons. The Bertz CT molecular complexity index is 1390. The standard InChI is InChI=1S/C30H36ClN3O4S/c1-5-18-32-30(36)28(6-2)33(20-24-11-7-8-13-27(24)31)29(35)21-34(25-12-9-10-23(4)19-25)39(37,38)26-16-14-22(3)15-17-26/h7-17,19,28H,5-6,18,20-21H2,1-4H3,(H,32,36)/t28-/m1/s1. The number of anilines is 1. The lowest BCUT2D eigenvalue weighted by Gasteiger charge is -2.33. The van der Waals surface area contributed by atoms with Crippen molar-refractivity contribution < 1.29 is 18.0 Å². The van der Waals surface area contributed by atoms with Crippen LogP contribution in [-0.2, 0) is 26.2 Å². The second-order valence-corrected chi connectivity index (χ2v) is 11.8. The highest BCUT2D eigenvalue weighted by Crippen LogP contribution is 2.26. The van der Waals surface area contributed by atoms with Crippen LogP contribution < -0.4 is 9.62 Å². The van der Waals surface area contributed by atoms with Gasteiger partial charge in [-0.05, 0) is 68.1 Å². The second-order valence-electron chi connectivity index (χ2n) is 9.49. The Kier molecular flexibility index (Phi) is 10.5. The van der Waals surface area contributed by atoms with Gasteiger partial charge in [0, 0.05) is 18.1 Å². The van der Waals surface area contributed by atoms with Gasteiger partial charge in [0.1, 0.15) is 12.6 Å². The number of sulfonamides is 1. The Morgan fingerprint density at radius 1 is 0.923 bits per heavy atom. The highest BCUT2D eigenvalue weighted by Gasteiger charge is 2.33. The highest BCUT2D eigenvalue weighted by molar-refractivity contribution is 7.92. The van der Waals surface area contributed by atoms with Crippen molar-refractivity contribution in [1.29, 1.82) is 0 Å². The number of amides is 2. The maximum Gasteiger partial charge on any atom is 0.264 e. The predicted octanol–water partition coefficient (Wildman–Crippen LogP) is 5.49. The smallest absolute Gasteiger partial charge is 0.264 e. The Hall–Kier alpha value is -3.36. The molecule has 1 N–H and O–H groups in total. The monoisotopic (exact) mass is 569 g/mol. The summed E-state index contributed by atoms with van der Waals surface area (Å²) >= 11 is 6.42. The molecule has 7 nitrogen and oxygen atoms in total. The number of hydrogen-bond donors (Lipinski definition) is 1. The van der Waals surface area contributed by atoms with E-state index >= 15 is 0 Å². The first-order valence-electron chi connectivity index (χ1n) is 13.0. The summed E-state index contributed by atoms with van der Waals surface area (Å²) in [5.74, 6) is -0.797. The summed E-state index contributed by atoms with van der Waals surface area (Å²) in [5, 5.41) is 3.34. The van der Waals surface area contributed by atoms with E-state index in [1.165, 1.54) is 17.0 Å². The van der Waals surface area contributed by atoms with Crippen LogP contribution in [0.25, 0.3) is 0 Å². The van der Waals surface area contributed by atoms with Crippen molar-refractivity contribution in [3.63, 3.8) is 0 Å². The van der Waals surface area contributed by atoms with Gasteiger partial charge >= 0.3 is 0 Å². The summed E-state index contributed by atoms with van der Waals surface area (Å²) in [5.41, 5.74) is 2.80. The SMILES string of the molecule is CCCNC(=O)[C@@H](CC)N(Cc1ccccc1Cl)C(=O)CN(c1cccc(C)c1)S(=O)(=O)c1ccc(C)cc1. The van der Waals surface area contributed by atoms with Crippen molar-refractivity contribution in [2.75, 3.05) is 17.4 Å². The minimum Gasteiger partial charge on any atom is -0.354 e. The lowest BCUT2D eigenvalue weighted by molar-refractivity contribution is -0.140. The van der Waals surface area contributed by atoms with Gasteiger partial charge in [-0.3, -0.25) is 13.9 Å². The van der Waals surface area contributed by atoms with Gasteiger partial charge in [-0.15, -0.1) is 0 Å². The molecular weight excluding hydrogens is 534 g/mol. The molecule has 0 unspecified atom stereocenters. The topological polar surface area (TPSA) is 86.8 Å². The van der Waals surface area contributed by atoms with E-state index in [2.05, 4.69) is 5.32 Å². The van der Waals surface area contributed by atoms with Crippen molar-refractivity contribution in [2.45, 2.75) is 58.0 Å². The Labute approximate surface area is 236 Å². The molecule has 0 spiro atoms. The maximum atomic E-state index is 14.0. The molecule has 0 aliphatic carbocycles. The minimum atomic E-state index is -4.10. The van der Waals surface area contributed by atoms with Gasteiger partial charge < -0.3 is 10.2 Å². The third-order valence-electron chi connectivity index (χ3n) is 6.41. The zero-order valence-electron chi connectivity index (χ0n) is 22.9.